The normalized spacial score (nSPS) is 17.5. The van der Waals surface area contributed by atoms with Crippen molar-refractivity contribution in [3.05, 3.63) is 23.8 Å². The van der Waals surface area contributed by atoms with Crippen LogP contribution in [-0.4, -0.2) is 57.7 Å². The van der Waals surface area contributed by atoms with Crippen LogP contribution in [0.5, 0.6) is 11.5 Å². The molecule has 1 unspecified atom stereocenters. The van der Waals surface area contributed by atoms with Gasteiger partial charge in [0.05, 0.1) is 14.2 Å². The average molecular weight is 377 g/mol. The minimum atomic E-state index is -0.222. The highest BCUT2D eigenvalue weighted by Crippen LogP contribution is 2.27. The summed E-state index contributed by atoms with van der Waals surface area (Å²) in [6, 6.07) is 6.02. The molecular formula is C20H32N4O3. The maximum atomic E-state index is 11.2. The first-order valence-electron chi connectivity index (χ1n) is 9.52. The number of rotatable bonds is 8. The molecule has 1 aromatic carbocycles. The molecule has 1 saturated heterocycles. The van der Waals surface area contributed by atoms with E-state index in [-0.39, 0.29) is 5.91 Å². The van der Waals surface area contributed by atoms with Gasteiger partial charge in [0.25, 0.3) is 0 Å². The third-order valence-electron chi connectivity index (χ3n) is 4.89. The largest absolute Gasteiger partial charge is 0.493 e. The molecule has 1 amide bonds. The number of methoxy groups -OCH3 is 2. The number of nitrogens with two attached hydrogens (primary N) is 1. The Bertz CT molecular complexity index is 648. The van der Waals surface area contributed by atoms with Crippen molar-refractivity contribution in [2.45, 2.75) is 32.1 Å². The molecule has 1 aliphatic rings. The van der Waals surface area contributed by atoms with E-state index in [1.165, 1.54) is 5.56 Å². The maximum absolute atomic E-state index is 11.2. The number of carbonyl (C=O) groups excluding carboxylic acids is 1. The number of ether oxygens (including phenoxy) is 2. The third-order valence-corrected chi connectivity index (χ3v) is 4.89. The number of nitrogens with zero attached hydrogens (tertiary/aromatic N) is 2. The van der Waals surface area contributed by atoms with Crippen LogP contribution in [0.2, 0.25) is 0 Å². The van der Waals surface area contributed by atoms with Gasteiger partial charge in [0, 0.05) is 33.1 Å². The van der Waals surface area contributed by atoms with Crippen LogP contribution in [0.25, 0.3) is 0 Å². The molecule has 1 atom stereocenters. The third kappa shape index (κ3) is 6.34. The number of aryl methyl sites for hydroxylation is 1. The summed E-state index contributed by atoms with van der Waals surface area (Å²) in [6.07, 6.45) is 4.48. The molecule has 150 valence electrons. The second kappa shape index (κ2) is 10.6. The van der Waals surface area contributed by atoms with E-state index in [0.717, 1.165) is 62.8 Å². The van der Waals surface area contributed by atoms with Crippen molar-refractivity contribution in [1.29, 1.82) is 0 Å². The molecular weight excluding hydrogens is 344 g/mol. The maximum Gasteiger partial charge on any atom is 0.217 e. The fraction of sp³-hybridized carbons (Fsp3) is 0.600. The highest BCUT2D eigenvalue weighted by atomic mass is 16.5. The van der Waals surface area contributed by atoms with Crippen molar-refractivity contribution in [2.75, 3.05) is 40.9 Å². The number of carbonyl (C=O) groups is 1. The number of hydrogen-bond donors (Lipinski definition) is 2. The van der Waals surface area contributed by atoms with E-state index in [0.29, 0.717) is 12.3 Å². The summed E-state index contributed by atoms with van der Waals surface area (Å²) >= 11 is 0. The fourth-order valence-electron chi connectivity index (χ4n) is 3.57. The zero-order chi connectivity index (χ0) is 19.6. The van der Waals surface area contributed by atoms with Crippen molar-refractivity contribution in [1.82, 2.24) is 10.2 Å². The van der Waals surface area contributed by atoms with E-state index in [1.54, 1.807) is 21.3 Å². The van der Waals surface area contributed by atoms with E-state index in [2.05, 4.69) is 21.3 Å². The van der Waals surface area contributed by atoms with Crippen molar-refractivity contribution >= 4 is 11.9 Å². The van der Waals surface area contributed by atoms with Gasteiger partial charge in [-0.1, -0.05) is 6.07 Å². The van der Waals surface area contributed by atoms with Crippen LogP contribution >= 0.6 is 0 Å². The van der Waals surface area contributed by atoms with Crippen LogP contribution in [0.3, 0.4) is 0 Å². The Hall–Kier alpha value is -2.44. The van der Waals surface area contributed by atoms with Crippen molar-refractivity contribution in [3.63, 3.8) is 0 Å². The summed E-state index contributed by atoms with van der Waals surface area (Å²) in [5, 5.41) is 3.44. The van der Waals surface area contributed by atoms with Crippen LogP contribution in [0.1, 0.15) is 31.2 Å². The average Bonchev–Trinajstić information content (AvgIpc) is 2.67. The molecule has 27 heavy (non-hydrogen) atoms. The molecule has 0 saturated carbocycles. The van der Waals surface area contributed by atoms with Gasteiger partial charge in [-0.15, -0.1) is 0 Å². The fourth-order valence-corrected chi connectivity index (χ4v) is 3.57. The predicted octanol–water partition coefficient (Wildman–Crippen LogP) is 1.80. The van der Waals surface area contributed by atoms with Gasteiger partial charge in [-0.2, -0.15) is 0 Å². The molecule has 0 aliphatic carbocycles. The molecule has 0 radical (unpaired) electrons. The molecule has 1 aromatic rings. The quantitative estimate of drug-likeness (QED) is 0.410. The van der Waals surface area contributed by atoms with Crippen LogP contribution in [-0.2, 0) is 11.2 Å². The summed E-state index contributed by atoms with van der Waals surface area (Å²) in [5.74, 6) is 2.50. The van der Waals surface area contributed by atoms with Crippen LogP contribution in [0.15, 0.2) is 23.2 Å². The van der Waals surface area contributed by atoms with Crippen molar-refractivity contribution in [3.8, 4) is 11.5 Å². The number of hydrogen-bond acceptors (Lipinski definition) is 4. The number of guanidine groups is 1. The molecule has 0 aromatic heterocycles. The van der Waals surface area contributed by atoms with E-state index in [9.17, 15) is 4.79 Å². The van der Waals surface area contributed by atoms with Gasteiger partial charge in [-0.25, -0.2) is 0 Å². The highest BCUT2D eigenvalue weighted by Gasteiger charge is 2.23. The molecule has 0 spiro atoms. The molecule has 7 nitrogen and oxygen atoms in total. The lowest BCUT2D eigenvalue weighted by atomic mass is 9.95. The van der Waals surface area contributed by atoms with Crippen molar-refractivity contribution in [2.24, 2.45) is 16.6 Å². The Kier molecular flexibility index (Phi) is 8.23. The van der Waals surface area contributed by atoms with E-state index < -0.39 is 0 Å². The van der Waals surface area contributed by atoms with E-state index >= 15 is 0 Å². The molecule has 1 fully saturated rings. The number of primary amides is 1. The Morgan fingerprint density at radius 3 is 2.78 bits per heavy atom. The van der Waals surface area contributed by atoms with Crippen LogP contribution < -0.4 is 20.5 Å². The minimum Gasteiger partial charge on any atom is -0.493 e. The number of amides is 1. The second-order valence-electron chi connectivity index (χ2n) is 6.89. The Morgan fingerprint density at radius 2 is 2.11 bits per heavy atom. The number of benzene rings is 1. The number of piperidine rings is 1. The summed E-state index contributed by atoms with van der Waals surface area (Å²) in [5.41, 5.74) is 6.56. The van der Waals surface area contributed by atoms with Gasteiger partial charge >= 0.3 is 0 Å². The number of nitrogens with one attached hydrogen (secondary N) is 1. The molecule has 0 bridgehead atoms. The molecule has 7 heteroatoms. The first kappa shape index (κ1) is 20.9. The lowest BCUT2D eigenvalue weighted by molar-refractivity contribution is -0.119. The topological polar surface area (TPSA) is 89.2 Å². The lowest BCUT2D eigenvalue weighted by Crippen LogP contribution is -2.47. The van der Waals surface area contributed by atoms with Crippen LogP contribution in [0.4, 0.5) is 0 Å². The minimum absolute atomic E-state index is 0.222. The first-order chi connectivity index (χ1) is 13.1. The molecule has 1 aliphatic heterocycles. The molecule has 2 rings (SSSR count). The first-order valence-corrected chi connectivity index (χ1v) is 9.52. The Balaban J connectivity index is 1.80. The van der Waals surface area contributed by atoms with Crippen LogP contribution in [0, 0.1) is 5.92 Å². The smallest absolute Gasteiger partial charge is 0.217 e. The van der Waals surface area contributed by atoms with Gasteiger partial charge in [0.2, 0.25) is 5.91 Å². The number of likely N-dealkylation sites (tertiary alicyclic amines) is 1. The van der Waals surface area contributed by atoms with Gasteiger partial charge in [-0.3, -0.25) is 9.79 Å². The molecule has 3 N–H and O–H groups in total. The van der Waals surface area contributed by atoms with E-state index in [1.807, 2.05) is 12.1 Å². The van der Waals surface area contributed by atoms with Gasteiger partial charge in [-0.05, 0) is 49.3 Å². The molecule has 1 heterocycles. The monoisotopic (exact) mass is 376 g/mol. The Morgan fingerprint density at radius 1 is 1.33 bits per heavy atom. The summed E-state index contributed by atoms with van der Waals surface area (Å²) in [7, 11) is 5.09. The summed E-state index contributed by atoms with van der Waals surface area (Å²) in [4.78, 5) is 17.8. The second-order valence-corrected chi connectivity index (χ2v) is 6.89. The lowest BCUT2D eigenvalue weighted by Gasteiger charge is -2.34. The zero-order valence-corrected chi connectivity index (χ0v) is 16.7. The SMILES string of the molecule is CN=C(NCCCc1ccc(OC)c(OC)c1)N1CCCC(CC(N)=O)C1. The van der Waals surface area contributed by atoms with Gasteiger partial charge in [0.1, 0.15) is 0 Å². The zero-order valence-electron chi connectivity index (χ0n) is 16.7. The number of aliphatic imine (C=N–C) groups is 1. The standard InChI is InChI=1S/C20H32N4O3/c1-22-20(24-11-5-7-16(14-24)13-19(21)25)23-10-4-6-15-8-9-17(26-2)18(12-15)27-3/h8-9,12,16H,4-7,10-11,13-14H2,1-3H3,(H2,21,25)(H,22,23). The van der Waals surface area contributed by atoms with Gasteiger partial charge in [0.15, 0.2) is 17.5 Å². The summed E-state index contributed by atoms with van der Waals surface area (Å²) in [6.45, 7) is 2.63. The van der Waals surface area contributed by atoms with Crippen molar-refractivity contribution < 1.29 is 14.3 Å². The van der Waals surface area contributed by atoms with Gasteiger partial charge < -0.3 is 25.4 Å². The van der Waals surface area contributed by atoms with E-state index in [4.69, 9.17) is 15.2 Å². The highest BCUT2D eigenvalue weighted by molar-refractivity contribution is 5.80. The predicted molar refractivity (Wildman–Crippen MR) is 107 cm³/mol. The summed E-state index contributed by atoms with van der Waals surface area (Å²) < 4.78 is 10.6. The Labute approximate surface area is 161 Å².